The lowest BCUT2D eigenvalue weighted by atomic mass is 10.2. The van der Waals surface area contributed by atoms with Gasteiger partial charge in [-0.15, -0.1) is 0 Å². The molecular formula is C18H14N2O6. The Labute approximate surface area is 148 Å². The van der Waals surface area contributed by atoms with Crippen LogP contribution in [0.5, 0.6) is 11.5 Å². The molecule has 132 valence electrons. The van der Waals surface area contributed by atoms with Crippen LogP contribution in [0.2, 0.25) is 0 Å². The quantitative estimate of drug-likeness (QED) is 0.354. The van der Waals surface area contributed by atoms with Gasteiger partial charge in [-0.05, 0) is 42.0 Å². The maximum atomic E-state index is 12.0. The monoisotopic (exact) mass is 354 g/mol. The Balaban J connectivity index is 1.90. The molecular weight excluding hydrogens is 340 g/mol. The van der Waals surface area contributed by atoms with E-state index in [0.717, 1.165) is 0 Å². The molecule has 2 aromatic rings. The Morgan fingerprint density at radius 1 is 1.08 bits per heavy atom. The Hall–Kier alpha value is -3.68. The number of ether oxygens (including phenoxy) is 3. The zero-order valence-corrected chi connectivity index (χ0v) is 14.0. The number of non-ortho nitro benzene ring substituents is 1. The fourth-order valence-electron chi connectivity index (χ4n) is 2.35. The number of aliphatic imine (C=N–C) groups is 1. The average Bonchev–Trinajstić information content (AvgIpc) is 3.02. The van der Waals surface area contributed by atoms with Gasteiger partial charge in [-0.3, -0.25) is 10.1 Å². The molecule has 0 unspecified atom stereocenters. The molecule has 0 radical (unpaired) electrons. The molecule has 0 saturated carbocycles. The van der Waals surface area contributed by atoms with Crippen molar-refractivity contribution in [3.63, 3.8) is 0 Å². The van der Waals surface area contributed by atoms with Crippen LogP contribution in [-0.2, 0) is 9.53 Å². The molecule has 26 heavy (non-hydrogen) atoms. The average molecular weight is 354 g/mol. The summed E-state index contributed by atoms with van der Waals surface area (Å²) in [5, 5.41) is 10.7. The van der Waals surface area contributed by atoms with Crippen LogP contribution in [0.3, 0.4) is 0 Å². The summed E-state index contributed by atoms with van der Waals surface area (Å²) in [5.74, 6) is 0.566. The fraction of sp³-hybridized carbons (Fsp3) is 0.111. The smallest absolute Gasteiger partial charge is 0.363 e. The van der Waals surface area contributed by atoms with Crippen molar-refractivity contribution in [1.82, 2.24) is 0 Å². The Morgan fingerprint density at radius 3 is 2.38 bits per heavy atom. The van der Waals surface area contributed by atoms with Crippen LogP contribution >= 0.6 is 0 Å². The van der Waals surface area contributed by atoms with Crippen LogP contribution in [0.25, 0.3) is 6.08 Å². The number of rotatable bonds is 5. The number of hydrogen-bond acceptors (Lipinski definition) is 7. The minimum atomic E-state index is -0.604. The Bertz CT molecular complexity index is 931. The summed E-state index contributed by atoms with van der Waals surface area (Å²) in [6.07, 6.45) is 1.50. The number of carbonyl (C=O) groups is 1. The predicted molar refractivity (Wildman–Crippen MR) is 93.2 cm³/mol. The van der Waals surface area contributed by atoms with Crippen molar-refractivity contribution in [2.24, 2.45) is 4.99 Å². The van der Waals surface area contributed by atoms with Crippen LogP contribution in [0.15, 0.2) is 53.2 Å². The van der Waals surface area contributed by atoms with Crippen LogP contribution < -0.4 is 9.47 Å². The van der Waals surface area contributed by atoms with Gasteiger partial charge in [0.1, 0.15) is 0 Å². The fourth-order valence-corrected chi connectivity index (χ4v) is 2.35. The van der Waals surface area contributed by atoms with Gasteiger partial charge in [-0.2, -0.15) is 0 Å². The van der Waals surface area contributed by atoms with Crippen molar-refractivity contribution in [3.05, 3.63) is 69.4 Å². The van der Waals surface area contributed by atoms with Crippen molar-refractivity contribution in [2.75, 3.05) is 14.2 Å². The summed E-state index contributed by atoms with van der Waals surface area (Å²) in [4.78, 5) is 26.4. The molecule has 1 aliphatic rings. The molecule has 3 rings (SSSR count). The van der Waals surface area contributed by atoms with Crippen LogP contribution in [-0.4, -0.2) is 31.0 Å². The van der Waals surface area contributed by atoms with Gasteiger partial charge in [0.2, 0.25) is 5.90 Å². The number of esters is 1. The molecule has 0 amide bonds. The lowest BCUT2D eigenvalue weighted by Gasteiger charge is -2.08. The Kier molecular flexibility index (Phi) is 4.66. The molecule has 8 heteroatoms. The van der Waals surface area contributed by atoms with Crippen molar-refractivity contribution < 1.29 is 23.9 Å². The summed E-state index contributed by atoms with van der Waals surface area (Å²) < 4.78 is 15.6. The van der Waals surface area contributed by atoms with Gasteiger partial charge in [0.25, 0.3) is 5.69 Å². The molecule has 2 aromatic carbocycles. The SMILES string of the molecule is COc1ccc(C2=N/C(=C\c3ccc([N+](=O)[O-])cc3)C(=O)O2)cc1OC. The van der Waals surface area contributed by atoms with E-state index in [-0.39, 0.29) is 17.3 Å². The van der Waals surface area contributed by atoms with Gasteiger partial charge in [0.15, 0.2) is 17.2 Å². The third-order valence-corrected chi connectivity index (χ3v) is 3.66. The number of nitrogens with zero attached hydrogens (tertiary/aromatic N) is 2. The second-order valence-electron chi connectivity index (χ2n) is 5.25. The van der Waals surface area contributed by atoms with Crippen molar-refractivity contribution in [2.45, 2.75) is 0 Å². The number of benzene rings is 2. The highest BCUT2D eigenvalue weighted by Gasteiger charge is 2.25. The molecule has 1 aliphatic heterocycles. The molecule has 0 aliphatic carbocycles. The summed E-state index contributed by atoms with van der Waals surface area (Å²) >= 11 is 0. The zero-order chi connectivity index (χ0) is 18.7. The van der Waals surface area contributed by atoms with Crippen LogP contribution in [0.1, 0.15) is 11.1 Å². The van der Waals surface area contributed by atoms with Crippen molar-refractivity contribution in [3.8, 4) is 11.5 Å². The summed E-state index contributed by atoms with van der Waals surface area (Å²) in [7, 11) is 3.03. The number of methoxy groups -OCH3 is 2. The van der Waals surface area contributed by atoms with E-state index < -0.39 is 10.9 Å². The molecule has 0 saturated heterocycles. The third-order valence-electron chi connectivity index (χ3n) is 3.66. The Morgan fingerprint density at radius 2 is 1.77 bits per heavy atom. The standard InChI is InChI=1S/C18H14N2O6/c1-24-15-8-5-12(10-16(15)25-2)17-19-14(18(21)26-17)9-11-3-6-13(7-4-11)20(22)23/h3-10H,1-2H3/b14-9-. The number of nitro benzene ring substituents is 1. The van der Waals surface area contributed by atoms with Gasteiger partial charge in [0, 0.05) is 17.7 Å². The van der Waals surface area contributed by atoms with Gasteiger partial charge < -0.3 is 14.2 Å². The van der Waals surface area contributed by atoms with E-state index in [1.807, 2.05) is 0 Å². The maximum Gasteiger partial charge on any atom is 0.363 e. The maximum absolute atomic E-state index is 12.0. The first-order chi connectivity index (χ1) is 12.5. The van der Waals surface area contributed by atoms with E-state index in [4.69, 9.17) is 14.2 Å². The molecule has 0 spiro atoms. The molecule has 0 bridgehead atoms. The number of cyclic esters (lactones) is 1. The van der Waals surface area contributed by atoms with E-state index >= 15 is 0 Å². The topological polar surface area (TPSA) is 100 Å². The molecule has 0 fully saturated rings. The van der Waals surface area contributed by atoms with E-state index in [9.17, 15) is 14.9 Å². The third kappa shape index (κ3) is 3.39. The second kappa shape index (κ2) is 7.06. The number of nitro groups is 1. The van der Waals surface area contributed by atoms with Crippen molar-refractivity contribution >= 4 is 23.6 Å². The van der Waals surface area contributed by atoms with Gasteiger partial charge in [-0.1, -0.05) is 0 Å². The minimum Gasteiger partial charge on any atom is -0.493 e. The predicted octanol–water partition coefficient (Wildman–Crippen LogP) is 2.96. The second-order valence-corrected chi connectivity index (χ2v) is 5.25. The first kappa shape index (κ1) is 17.2. The highest BCUT2D eigenvalue weighted by Crippen LogP contribution is 2.29. The van der Waals surface area contributed by atoms with Gasteiger partial charge >= 0.3 is 5.97 Å². The lowest BCUT2D eigenvalue weighted by Crippen LogP contribution is -2.05. The first-order valence-electron chi connectivity index (χ1n) is 7.51. The van der Waals surface area contributed by atoms with E-state index in [1.165, 1.54) is 44.6 Å². The summed E-state index contributed by atoms with van der Waals surface area (Å²) in [5.41, 5.74) is 1.22. The molecule has 0 atom stereocenters. The number of carbonyl (C=O) groups excluding carboxylic acids is 1. The van der Waals surface area contributed by atoms with E-state index in [2.05, 4.69) is 4.99 Å². The normalized spacial score (nSPS) is 14.8. The highest BCUT2D eigenvalue weighted by molar-refractivity contribution is 6.13. The number of hydrogen-bond donors (Lipinski definition) is 0. The minimum absolute atomic E-state index is 0.0318. The molecule has 1 heterocycles. The molecule has 0 aromatic heterocycles. The molecule has 8 nitrogen and oxygen atoms in total. The van der Waals surface area contributed by atoms with Crippen molar-refractivity contribution in [1.29, 1.82) is 0 Å². The van der Waals surface area contributed by atoms with Gasteiger partial charge in [-0.25, -0.2) is 9.79 Å². The van der Waals surface area contributed by atoms with E-state index in [1.54, 1.807) is 18.2 Å². The first-order valence-corrected chi connectivity index (χ1v) is 7.51. The summed E-state index contributed by atoms with van der Waals surface area (Å²) in [6.45, 7) is 0. The summed E-state index contributed by atoms with van der Waals surface area (Å²) in [6, 6.07) is 10.8. The molecule has 0 N–H and O–H groups in total. The lowest BCUT2D eigenvalue weighted by molar-refractivity contribution is -0.384. The zero-order valence-electron chi connectivity index (χ0n) is 14.0. The van der Waals surface area contributed by atoms with Gasteiger partial charge in [0.05, 0.1) is 19.1 Å². The van der Waals surface area contributed by atoms with Crippen LogP contribution in [0.4, 0.5) is 5.69 Å². The largest absolute Gasteiger partial charge is 0.493 e. The highest BCUT2D eigenvalue weighted by atomic mass is 16.6. The van der Waals surface area contributed by atoms with E-state index in [0.29, 0.717) is 22.6 Å². The van der Waals surface area contributed by atoms with Crippen LogP contribution in [0, 0.1) is 10.1 Å².